The summed E-state index contributed by atoms with van der Waals surface area (Å²) in [6.07, 6.45) is 0. The van der Waals surface area contributed by atoms with E-state index < -0.39 is 0 Å². The van der Waals surface area contributed by atoms with Crippen molar-refractivity contribution in [1.29, 1.82) is 0 Å². The fourth-order valence-electron chi connectivity index (χ4n) is 1.05. The molecule has 13 heavy (non-hydrogen) atoms. The van der Waals surface area contributed by atoms with Crippen molar-refractivity contribution < 1.29 is 0 Å². The Labute approximate surface area is 100 Å². The normalized spacial score (nSPS) is 13.4. The van der Waals surface area contributed by atoms with Gasteiger partial charge in [-0.15, -0.1) is 37.2 Å². The number of rotatable bonds is 4. The summed E-state index contributed by atoms with van der Waals surface area (Å²) < 4.78 is 0. The summed E-state index contributed by atoms with van der Waals surface area (Å²) in [5.41, 5.74) is 5.57. The molecular weight excluding hydrogens is 232 g/mol. The molecule has 0 amide bonds. The van der Waals surface area contributed by atoms with Crippen LogP contribution in [0, 0.1) is 0 Å². The van der Waals surface area contributed by atoms with Crippen molar-refractivity contribution >= 4 is 37.2 Å². The number of likely N-dealkylation sites (N-methyl/N-ethyl adjacent to an activating group) is 2. The number of hydrogen-bond acceptors (Lipinski definition) is 3. The van der Waals surface area contributed by atoms with Crippen molar-refractivity contribution in [2.45, 2.75) is 19.0 Å². The van der Waals surface area contributed by atoms with Crippen LogP contribution >= 0.6 is 37.2 Å². The van der Waals surface area contributed by atoms with Gasteiger partial charge < -0.3 is 16.0 Å². The first kappa shape index (κ1) is 23.5. The maximum atomic E-state index is 5.57. The Kier molecular flexibility index (Phi) is 23.1. The largest absolute Gasteiger partial charge is 0.329 e. The van der Waals surface area contributed by atoms with Crippen molar-refractivity contribution in [3.05, 3.63) is 0 Å². The Hall–Kier alpha value is 0.750. The van der Waals surface area contributed by atoms with Gasteiger partial charge in [0.05, 0.1) is 0 Å². The first-order chi connectivity index (χ1) is 4.63. The zero-order valence-electron chi connectivity index (χ0n) is 8.61. The number of nitrogens with one attached hydrogen (secondary N) is 1. The van der Waals surface area contributed by atoms with Crippen LogP contribution in [0.1, 0.15) is 6.92 Å². The SMILES string of the molecule is CNC(C)C(CN)N(C)C.Cl.Cl.Cl. The summed E-state index contributed by atoms with van der Waals surface area (Å²) in [6.45, 7) is 2.84. The van der Waals surface area contributed by atoms with E-state index >= 15 is 0 Å². The third-order valence-electron chi connectivity index (χ3n) is 1.94. The molecule has 6 heteroatoms. The van der Waals surface area contributed by atoms with Crippen LogP contribution in [-0.2, 0) is 0 Å². The molecule has 0 aliphatic rings. The summed E-state index contributed by atoms with van der Waals surface area (Å²) in [5, 5.41) is 3.18. The number of halogens is 3. The number of nitrogens with two attached hydrogens (primary N) is 1. The molecule has 0 aliphatic carbocycles. The zero-order valence-corrected chi connectivity index (χ0v) is 11.1. The minimum absolute atomic E-state index is 0. The highest BCUT2D eigenvalue weighted by molar-refractivity contribution is 5.86. The van der Waals surface area contributed by atoms with E-state index in [9.17, 15) is 0 Å². The predicted octanol–water partition coefficient (Wildman–Crippen LogP) is 0.749. The van der Waals surface area contributed by atoms with Crippen molar-refractivity contribution in [2.24, 2.45) is 5.73 Å². The molecule has 0 aromatic heterocycles. The number of hydrogen-bond donors (Lipinski definition) is 2. The number of nitrogens with zero attached hydrogens (tertiary/aromatic N) is 1. The van der Waals surface area contributed by atoms with Crippen LogP contribution in [0.3, 0.4) is 0 Å². The smallest absolute Gasteiger partial charge is 0.0362 e. The Balaban J connectivity index is -0.000000135. The molecule has 0 heterocycles. The summed E-state index contributed by atoms with van der Waals surface area (Å²) in [7, 11) is 6.05. The quantitative estimate of drug-likeness (QED) is 0.778. The van der Waals surface area contributed by atoms with Crippen molar-refractivity contribution in [2.75, 3.05) is 27.7 Å². The second-order valence-corrected chi connectivity index (χ2v) is 2.84. The molecule has 0 radical (unpaired) electrons. The van der Waals surface area contributed by atoms with Gasteiger partial charge in [-0.25, -0.2) is 0 Å². The molecular formula is C7H22Cl3N3. The zero-order chi connectivity index (χ0) is 8.15. The molecule has 2 atom stereocenters. The molecule has 0 saturated heterocycles. The monoisotopic (exact) mass is 253 g/mol. The Morgan fingerprint density at radius 2 is 1.62 bits per heavy atom. The Bertz CT molecular complexity index is 93.1. The highest BCUT2D eigenvalue weighted by atomic mass is 35.5. The van der Waals surface area contributed by atoms with Gasteiger partial charge in [-0.1, -0.05) is 0 Å². The van der Waals surface area contributed by atoms with E-state index in [1.807, 2.05) is 21.1 Å². The minimum atomic E-state index is 0. The van der Waals surface area contributed by atoms with Crippen LogP contribution in [0.4, 0.5) is 0 Å². The van der Waals surface area contributed by atoms with Gasteiger partial charge in [-0.05, 0) is 28.1 Å². The highest BCUT2D eigenvalue weighted by Gasteiger charge is 2.14. The molecule has 0 spiro atoms. The highest BCUT2D eigenvalue weighted by Crippen LogP contribution is 1.96. The molecule has 0 saturated carbocycles. The molecule has 0 rings (SSSR count). The van der Waals surface area contributed by atoms with Gasteiger partial charge in [0.25, 0.3) is 0 Å². The van der Waals surface area contributed by atoms with Crippen LogP contribution in [0.15, 0.2) is 0 Å². The van der Waals surface area contributed by atoms with Gasteiger partial charge >= 0.3 is 0 Å². The fourth-order valence-corrected chi connectivity index (χ4v) is 1.05. The third kappa shape index (κ3) is 9.06. The maximum absolute atomic E-state index is 5.57. The fraction of sp³-hybridized carbons (Fsp3) is 1.00. The second kappa shape index (κ2) is 12.8. The standard InChI is InChI=1S/C7H19N3.3ClH/c1-6(9-2)7(5-8)10(3)4;;;/h6-7,9H,5,8H2,1-4H3;3*1H. The first-order valence-corrected chi connectivity index (χ1v) is 3.67. The summed E-state index contributed by atoms with van der Waals surface area (Å²) in [4.78, 5) is 2.14. The van der Waals surface area contributed by atoms with E-state index in [0.29, 0.717) is 18.6 Å². The van der Waals surface area contributed by atoms with E-state index in [0.717, 1.165) is 0 Å². The summed E-state index contributed by atoms with van der Waals surface area (Å²) in [6, 6.07) is 0.894. The minimum Gasteiger partial charge on any atom is -0.329 e. The van der Waals surface area contributed by atoms with Crippen LogP contribution < -0.4 is 11.1 Å². The van der Waals surface area contributed by atoms with E-state index in [1.165, 1.54) is 0 Å². The van der Waals surface area contributed by atoms with Crippen LogP contribution in [-0.4, -0.2) is 44.7 Å². The van der Waals surface area contributed by atoms with Gasteiger partial charge in [0, 0.05) is 18.6 Å². The molecule has 86 valence electrons. The molecule has 0 fully saturated rings. The average Bonchev–Trinajstić information content (AvgIpc) is 1.88. The molecule has 0 aliphatic heterocycles. The lowest BCUT2D eigenvalue weighted by molar-refractivity contribution is 0.249. The molecule has 0 aromatic carbocycles. The summed E-state index contributed by atoms with van der Waals surface area (Å²) >= 11 is 0. The lowest BCUT2D eigenvalue weighted by Crippen LogP contribution is -2.48. The molecule has 2 unspecified atom stereocenters. The van der Waals surface area contributed by atoms with Crippen LogP contribution in [0.2, 0.25) is 0 Å². The maximum Gasteiger partial charge on any atom is 0.0362 e. The van der Waals surface area contributed by atoms with Gasteiger partial charge in [0.2, 0.25) is 0 Å². The Morgan fingerprint density at radius 3 is 1.69 bits per heavy atom. The van der Waals surface area contributed by atoms with Crippen LogP contribution in [0.5, 0.6) is 0 Å². The molecule has 3 N–H and O–H groups in total. The molecule has 3 nitrogen and oxygen atoms in total. The average molecular weight is 255 g/mol. The third-order valence-corrected chi connectivity index (χ3v) is 1.94. The molecule has 0 bridgehead atoms. The van der Waals surface area contributed by atoms with Gasteiger partial charge in [-0.2, -0.15) is 0 Å². The van der Waals surface area contributed by atoms with Crippen LogP contribution in [0.25, 0.3) is 0 Å². The predicted molar refractivity (Wildman–Crippen MR) is 66.8 cm³/mol. The van der Waals surface area contributed by atoms with E-state index in [1.54, 1.807) is 0 Å². The Morgan fingerprint density at radius 1 is 1.23 bits per heavy atom. The van der Waals surface area contributed by atoms with Crippen molar-refractivity contribution in [1.82, 2.24) is 10.2 Å². The van der Waals surface area contributed by atoms with Crippen molar-refractivity contribution in [3.8, 4) is 0 Å². The first-order valence-electron chi connectivity index (χ1n) is 3.67. The van der Waals surface area contributed by atoms with Gasteiger partial charge in [-0.3, -0.25) is 0 Å². The lowest BCUT2D eigenvalue weighted by atomic mass is 10.1. The van der Waals surface area contributed by atoms with E-state index in [4.69, 9.17) is 5.73 Å². The topological polar surface area (TPSA) is 41.3 Å². The lowest BCUT2D eigenvalue weighted by Gasteiger charge is -2.28. The summed E-state index contributed by atoms with van der Waals surface area (Å²) in [5.74, 6) is 0. The molecule has 0 aromatic rings. The van der Waals surface area contributed by atoms with Gasteiger partial charge in [0.1, 0.15) is 0 Å². The van der Waals surface area contributed by atoms with E-state index in [2.05, 4.69) is 17.1 Å². The van der Waals surface area contributed by atoms with Gasteiger partial charge in [0.15, 0.2) is 0 Å². The second-order valence-electron chi connectivity index (χ2n) is 2.84. The van der Waals surface area contributed by atoms with E-state index in [-0.39, 0.29) is 37.2 Å². The van der Waals surface area contributed by atoms with Crippen molar-refractivity contribution in [3.63, 3.8) is 0 Å².